The molecule has 3 nitrogen and oxygen atoms in total. The van der Waals surface area contributed by atoms with Gasteiger partial charge in [0.2, 0.25) is 0 Å². The van der Waals surface area contributed by atoms with Crippen molar-refractivity contribution < 1.29 is 0 Å². The van der Waals surface area contributed by atoms with Gasteiger partial charge >= 0.3 is 0 Å². The van der Waals surface area contributed by atoms with Crippen molar-refractivity contribution in [2.75, 3.05) is 7.05 Å². The third kappa shape index (κ3) is 3.46. The van der Waals surface area contributed by atoms with Gasteiger partial charge in [-0.1, -0.05) is 28.1 Å². The molecule has 1 aromatic carbocycles. The monoisotopic (exact) mass is 241 g/mol. The highest BCUT2D eigenvalue weighted by Gasteiger charge is 1.92. The molecule has 0 bridgehead atoms. The molecule has 1 rings (SSSR count). The van der Waals surface area contributed by atoms with Crippen molar-refractivity contribution in [2.24, 2.45) is 10.7 Å². The molecule has 0 saturated heterocycles. The highest BCUT2D eigenvalue weighted by molar-refractivity contribution is 9.10. The number of nitrogens with one attached hydrogen (secondary N) is 1. The molecule has 0 aromatic heterocycles. The number of halogens is 1. The first-order valence-corrected chi connectivity index (χ1v) is 4.72. The zero-order chi connectivity index (χ0) is 9.68. The number of guanidine groups is 1. The molecule has 70 valence electrons. The molecule has 3 N–H and O–H groups in total. The van der Waals surface area contributed by atoms with E-state index in [9.17, 15) is 0 Å². The lowest BCUT2D eigenvalue weighted by atomic mass is 10.2. The average Bonchev–Trinajstić information content (AvgIpc) is 2.16. The molecular formula is C9H12BrN3. The van der Waals surface area contributed by atoms with Crippen LogP contribution in [0.2, 0.25) is 0 Å². The third-order valence-corrected chi connectivity index (χ3v) is 2.16. The average molecular weight is 242 g/mol. The summed E-state index contributed by atoms with van der Waals surface area (Å²) < 4.78 is 1.08. The maximum absolute atomic E-state index is 5.48. The van der Waals surface area contributed by atoms with Gasteiger partial charge in [-0.05, 0) is 17.7 Å². The summed E-state index contributed by atoms with van der Waals surface area (Å²) in [5, 5.41) is 2.98. The van der Waals surface area contributed by atoms with Gasteiger partial charge < -0.3 is 11.1 Å². The van der Waals surface area contributed by atoms with Gasteiger partial charge in [0.05, 0.1) is 0 Å². The Morgan fingerprint density at radius 1 is 1.46 bits per heavy atom. The van der Waals surface area contributed by atoms with Gasteiger partial charge in [0.15, 0.2) is 5.96 Å². The van der Waals surface area contributed by atoms with Crippen molar-refractivity contribution in [3.05, 3.63) is 34.3 Å². The van der Waals surface area contributed by atoms with Gasteiger partial charge in [-0.2, -0.15) is 0 Å². The Kier molecular flexibility index (Phi) is 3.76. The molecule has 1 aromatic rings. The Hall–Kier alpha value is -1.03. The molecule has 0 amide bonds. The Morgan fingerprint density at radius 2 is 2.08 bits per heavy atom. The van der Waals surface area contributed by atoms with Gasteiger partial charge in [0, 0.05) is 18.1 Å². The standard InChI is InChI=1S/C9H12BrN3/c1-12-9(11)13-6-7-2-4-8(10)5-3-7/h2-5H,6H2,1H3,(H3,11,12,13). The predicted octanol–water partition coefficient (Wildman–Crippen LogP) is 1.48. The van der Waals surface area contributed by atoms with E-state index in [1.165, 1.54) is 5.56 Å². The minimum absolute atomic E-state index is 0.461. The van der Waals surface area contributed by atoms with Crippen molar-refractivity contribution in [1.29, 1.82) is 0 Å². The van der Waals surface area contributed by atoms with Gasteiger partial charge in [0.1, 0.15) is 0 Å². The summed E-state index contributed by atoms with van der Waals surface area (Å²) in [6.45, 7) is 0.705. The molecule has 0 unspecified atom stereocenters. The lowest BCUT2D eigenvalue weighted by Gasteiger charge is -2.04. The van der Waals surface area contributed by atoms with Crippen LogP contribution >= 0.6 is 15.9 Å². The Balaban J connectivity index is 2.51. The smallest absolute Gasteiger partial charge is 0.188 e. The third-order valence-electron chi connectivity index (χ3n) is 1.63. The second-order valence-corrected chi connectivity index (χ2v) is 3.50. The van der Waals surface area contributed by atoms with Crippen molar-refractivity contribution in [3.63, 3.8) is 0 Å². The van der Waals surface area contributed by atoms with Crippen LogP contribution in [0.1, 0.15) is 5.56 Å². The van der Waals surface area contributed by atoms with E-state index in [-0.39, 0.29) is 0 Å². The maximum Gasteiger partial charge on any atom is 0.188 e. The van der Waals surface area contributed by atoms with Crippen LogP contribution in [0, 0.1) is 0 Å². The first-order chi connectivity index (χ1) is 6.22. The van der Waals surface area contributed by atoms with Crippen LogP contribution in [0.5, 0.6) is 0 Å². The van der Waals surface area contributed by atoms with E-state index in [2.05, 4.69) is 26.2 Å². The molecule has 0 radical (unpaired) electrons. The first-order valence-electron chi connectivity index (χ1n) is 3.93. The van der Waals surface area contributed by atoms with Gasteiger partial charge in [-0.3, -0.25) is 4.99 Å². The lowest BCUT2D eigenvalue weighted by molar-refractivity contribution is 0.900. The minimum Gasteiger partial charge on any atom is -0.370 e. The van der Waals surface area contributed by atoms with E-state index in [1.807, 2.05) is 24.3 Å². The summed E-state index contributed by atoms with van der Waals surface area (Å²) >= 11 is 3.37. The summed E-state index contributed by atoms with van der Waals surface area (Å²) in [7, 11) is 1.66. The van der Waals surface area contributed by atoms with E-state index in [1.54, 1.807) is 7.05 Å². The molecule has 0 fully saturated rings. The van der Waals surface area contributed by atoms with Gasteiger partial charge in [0.25, 0.3) is 0 Å². The highest BCUT2D eigenvalue weighted by Crippen LogP contribution is 2.09. The number of aliphatic imine (C=N–C) groups is 1. The quantitative estimate of drug-likeness (QED) is 0.609. The highest BCUT2D eigenvalue weighted by atomic mass is 79.9. The number of rotatable bonds is 2. The van der Waals surface area contributed by atoms with Crippen LogP contribution in [-0.2, 0) is 6.54 Å². The number of benzene rings is 1. The van der Waals surface area contributed by atoms with E-state index >= 15 is 0 Å². The maximum atomic E-state index is 5.48. The molecule has 0 aliphatic rings. The molecule has 4 heteroatoms. The summed E-state index contributed by atoms with van der Waals surface area (Å²) in [5.74, 6) is 0.461. The SMILES string of the molecule is CN=C(N)NCc1ccc(Br)cc1. The molecular weight excluding hydrogens is 230 g/mol. The predicted molar refractivity (Wildman–Crippen MR) is 58.5 cm³/mol. The van der Waals surface area contributed by atoms with Crippen LogP contribution in [0.15, 0.2) is 33.7 Å². The van der Waals surface area contributed by atoms with E-state index in [0.29, 0.717) is 12.5 Å². The van der Waals surface area contributed by atoms with Crippen LogP contribution in [0.25, 0.3) is 0 Å². The minimum atomic E-state index is 0.461. The van der Waals surface area contributed by atoms with E-state index < -0.39 is 0 Å². The largest absolute Gasteiger partial charge is 0.370 e. The molecule has 0 aliphatic heterocycles. The zero-order valence-electron chi connectivity index (χ0n) is 7.42. The van der Waals surface area contributed by atoms with Crippen LogP contribution in [-0.4, -0.2) is 13.0 Å². The normalized spacial score (nSPS) is 11.4. The van der Waals surface area contributed by atoms with Crippen LogP contribution in [0.4, 0.5) is 0 Å². The molecule has 0 heterocycles. The van der Waals surface area contributed by atoms with E-state index in [4.69, 9.17) is 5.73 Å². The fourth-order valence-corrected chi connectivity index (χ4v) is 1.14. The fourth-order valence-electron chi connectivity index (χ4n) is 0.874. The first kappa shape index (κ1) is 10.1. The van der Waals surface area contributed by atoms with Gasteiger partial charge in [-0.15, -0.1) is 0 Å². The summed E-state index contributed by atoms with van der Waals surface area (Å²) in [6, 6.07) is 8.05. The molecule has 0 saturated carbocycles. The Morgan fingerprint density at radius 3 is 2.62 bits per heavy atom. The fraction of sp³-hybridized carbons (Fsp3) is 0.222. The van der Waals surface area contributed by atoms with Crippen LogP contribution < -0.4 is 11.1 Å². The topological polar surface area (TPSA) is 50.4 Å². The Labute approximate surface area is 86.2 Å². The van der Waals surface area contributed by atoms with Crippen molar-refractivity contribution in [1.82, 2.24) is 5.32 Å². The van der Waals surface area contributed by atoms with Crippen LogP contribution in [0.3, 0.4) is 0 Å². The van der Waals surface area contributed by atoms with Crippen molar-refractivity contribution >= 4 is 21.9 Å². The van der Waals surface area contributed by atoms with Crippen molar-refractivity contribution in [2.45, 2.75) is 6.54 Å². The second kappa shape index (κ2) is 4.87. The Bertz CT molecular complexity index is 292. The number of hydrogen-bond donors (Lipinski definition) is 2. The summed E-state index contributed by atoms with van der Waals surface area (Å²) in [6.07, 6.45) is 0. The molecule has 0 aliphatic carbocycles. The molecule has 0 spiro atoms. The lowest BCUT2D eigenvalue weighted by Crippen LogP contribution is -2.30. The summed E-state index contributed by atoms with van der Waals surface area (Å²) in [5.41, 5.74) is 6.66. The number of nitrogens with two attached hydrogens (primary N) is 1. The number of nitrogens with zero attached hydrogens (tertiary/aromatic N) is 1. The van der Waals surface area contributed by atoms with Gasteiger partial charge in [-0.25, -0.2) is 0 Å². The molecule has 13 heavy (non-hydrogen) atoms. The second-order valence-electron chi connectivity index (χ2n) is 2.59. The number of hydrogen-bond acceptors (Lipinski definition) is 1. The van der Waals surface area contributed by atoms with E-state index in [0.717, 1.165) is 4.47 Å². The zero-order valence-corrected chi connectivity index (χ0v) is 9.01. The summed E-state index contributed by atoms with van der Waals surface area (Å²) in [4.78, 5) is 3.80. The molecule has 0 atom stereocenters. The van der Waals surface area contributed by atoms with Crippen molar-refractivity contribution in [3.8, 4) is 0 Å².